The van der Waals surface area contributed by atoms with Crippen molar-refractivity contribution < 1.29 is 14.3 Å². The lowest BCUT2D eigenvalue weighted by Crippen LogP contribution is -2.31. The number of halogens is 1. The van der Waals surface area contributed by atoms with E-state index in [1.54, 1.807) is 32.2 Å². The first-order valence-electron chi connectivity index (χ1n) is 7.36. The summed E-state index contributed by atoms with van der Waals surface area (Å²) in [6.07, 6.45) is 0.490. The lowest BCUT2D eigenvalue weighted by Gasteiger charge is -2.14. The fourth-order valence-corrected chi connectivity index (χ4v) is 3.05. The molecule has 1 aliphatic rings. The summed E-state index contributed by atoms with van der Waals surface area (Å²) in [7, 11) is 3.51. The molecule has 122 valence electrons. The summed E-state index contributed by atoms with van der Waals surface area (Å²) in [4.78, 5) is 22.3. The number of hydrogen-bond donors (Lipinski definition) is 0. The van der Waals surface area contributed by atoms with Gasteiger partial charge in [-0.15, -0.1) is 0 Å². The number of carbonyl (C=O) groups is 1. The van der Waals surface area contributed by atoms with E-state index >= 15 is 0 Å². The molecule has 1 aromatic carbocycles. The van der Waals surface area contributed by atoms with Crippen LogP contribution in [0, 0.1) is 0 Å². The van der Waals surface area contributed by atoms with Gasteiger partial charge in [-0.1, -0.05) is 11.6 Å². The first-order chi connectivity index (χ1) is 11.0. The maximum Gasteiger partial charge on any atom is 0.253 e. The van der Waals surface area contributed by atoms with Gasteiger partial charge in [-0.3, -0.25) is 9.69 Å². The number of likely N-dealkylation sites (N-methyl/N-ethyl adjacent to an activating group) is 1. The first kappa shape index (κ1) is 16.0. The summed E-state index contributed by atoms with van der Waals surface area (Å²) in [5.74, 6) is 1.12. The number of nitrogens with zero attached hydrogens (tertiary/aromatic N) is 3. The van der Waals surface area contributed by atoms with Crippen molar-refractivity contribution >= 4 is 28.4 Å². The minimum atomic E-state index is -0.135. The number of fused-ring (bicyclic) bond motifs is 1. The third-order valence-corrected chi connectivity index (χ3v) is 4.30. The van der Waals surface area contributed by atoms with Crippen LogP contribution in [-0.4, -0.2) is 53.5 Å². The van der Waals surface area contributed by atoms with Crippen LogP contribution in [0.4, 0.5) is 0 Å². The molecule has 0 aliphatic carbocycles. The molecule has 2 atom stereocenters. The van der Waals surface area contributed by atoms with E-state index in [9.17, 15) is 4.79 Å². The van der Waals surface area contributed by atoms with Gasteiger partial charge in [0.15, 0.2) is 5.15 Å². The van der Waals surface area contributed by atoms with Crippen molar-refractivity contribution in [1.29, 1.82) is 0 Å². The molecular formula is C16H18ClN3O3. The molecule has 1 aromatic heterocycles. The van der Waals surface area contributed by atoms with Crippen LogP contribution in [0.25, 0.3) is 11.0 Å². The molecule has 1 fully saturated rings. The van der Waals surface area contributed by atoms with Crippen LogP contribution in [0.2, 0.25) is 5.15 Å². The van der Waals surface area contributed by atoms with Crippen molar-refractivity contribution in [3.63, 3.8) is 0 Å². The van der Waals surface area contributed by atoms with Gasteiger partial charge in [0.05, 0.1) is 24.2 Å². The topological polar surface area (TPSA) is 64.6 Å². The monoisotopic (exact) mass is 335 g/mol. The van der Waals surface area contributed by atoms with Crippen LogP contribution in [0.5, 0.6) is 11.6 Å². The third-order valence-electron chi connectivity index (χ3n) is 4.06. The molecule has 0 amide bonds. The summed E-state index contributed by atoms with van der Waals surface area (Å²) in [5, 5.41) is 0.219. The van der Waals surface area contributed by atoms with E-state index in [1.807, 2.05) is 11.9 Å². The van der Waals surface area contributed by atoms with Gasteiger partial charge in [-0.25, -0.2) is 9.97 Å². The molecule has 0 saturated carbocycles. The smallest absolute Gasteiger partial charge is 0.253 e. The normalized spacial score (nSPS) is 21.6. The Morgan fingerprint density at radius 3 is 2.78 bits per heavy atom. The van der Waals surface area contributed by atoms with Gasteiger partial charge in [0.1, 0.15) is 17.6 Å². The zero-order chi connectivity index (χ0) is 16.6. The largest absolute Gasteiger partial charge is 0.497 e. The van der Waals surface area contributed by atoms with Gasteiger partial charge >= 0.3 is 0 Å². The Morgan fingerprint density at radius 2 is 2.13 bits per heavy atom. The van der Waals surface area contributed by atoms with Crippen LogP contribution in [0.15, 0.2) is 18.2 Å². The number of likely N-dealkylation sites (tertiary alicyclic amines) is 1. The van der Waals surface area contributed by atoms with Crippen molar-refractivity contribution in [1.82, 2.24) is 14.9 Å². The van der Waals surface area contributed by atoms with Gasteiger partial charge in [-0.05, 0) is 26.1 Å². The molecule has 0 N–H and O–H groups in total. The second kappa shape index (κ2) is 6.29. The Bertz CT molecular complexity index is 753. The summed E-state index contributed by atoms with van der Waals surface area (Å²) in [6, 6.07) is 5.26. The molecule has 2 heterocycles. The maximum absolute atomic E-state index is 11.6. The molecule has 2 unspecified atom stereocenters. The number of rotatable bonds is 4. The number of ether oxygens (including phenoxy) is 2. The number of ketones is 1. The summed E-state index contributed by atoms with van der Waals surface area (Å²) in [5.41, 5.74) is 1.33. The van der Waals surface area contributed by atoms with Crippen molar-refractivity contribution in [3.05, 3.63) is 23.4 Å². The Hall–Kier alpha value is -1.92. The van der Waals surface area contributed by atoms with Gasteiger partial charge in [-0.2, -0.15) is 0 Å². The quantitative estimate of drug-likeness (QED) is 0.854. The predicted octanol–water partition coefficient (Wildman–Crippen LogP) is 2.33. The highest BCUT2D eigenvalue weighted by Crippen LogP contribution is 2.28. The number of carbonyl (C=O) groups excluding carboxylic acids is 1. The molecule has 2 aromatic rings. The molecule has 1 saturated heterocycles. The van der Waals surface area contributed by atoms with E-state index in [4.69, 9.17) is 21.1 Å². The highest BCUT2D eigenvalue weighted by Gasteiger charge is 2.34. The van der Waals surface area contributed by atoms with E-state index in [1.165, 1.54) is 0 Å². The summed E-state index contributed by atoms with van der Waals surface area (Å²) < 4.78 is 11.1. The summed E-state index contributed by atoms with van der Waals surface area (Å²) in [6.45, 7) is 2.25. The molecule has 0 radical (unpaired) electrons. The Morgan fingerprint density at radius 1 is 1.35 bits per heavy atom. The van der Waals surface area contributed by atoms with Crippen LogP contribution in [0.3, 0.4) is 0 Å². The fraction of sp³-hybridized carbons (Fsp3) is 0.438. The second-order valence-corrected chi connectivity index (χ2v) is 6.07. The van der Waals surface area contributed by atoms with E-state index in [0.29, 0.717) is 29.7 Å². The molecule has 7 heteroatoms. The highest BCUT2D eigenvalue weighted by molar-refractivity contribution is 6.31. The maximum atomic E-state index is 11.6. The SMILES string of the molecule is COc1ccc2nc(Cl)c(OC3CC(C(C)=O)N(C)C3)nc2c1. The zero-order valence-electron chi connectivity index (χ0n) is 13.2. The van der Waals surface area contributed by atoms with Crippen molar-refractivity contribution in [2.45, 2.75) is 25.5 Å². The lowest BCUT2D eigenvalue weighted by molar-refractivity contribution is -0.120. The molecule has 3 rings (SSSR count). The first-order valence-corrected chi connectivity index (χ1v) is 7.74. The number of hydrogen-bond acceptors (Lipinski definition) is 6. The Balaban J connectivity index is 1.85. The van der Waals surface area contributed by atoms with Gasteiger partial charge in [0, 0.05) is 19.0 Å². The molecule has 0 bridgehead atoms. The van der Waals surface area contributed by atoms with Crippen LogP contribution in [-0.2, 0) is 4.79 Å². The molecule has 6 nitrogen and oxygen atoms in total. The predicted molar refractivity (Wildman–Crippen MR) is 87.2 cm³/mol. The van der Waals surface area contributed by atoms with Crippen molar-refractivity contribution in [3.8, 4) is 11.6 Å². The average molecular weight is 336 g/mol. The zero-order valence-corrected chi connectivity index (χ0v) is 14.0. The van der Waals surface area contributed by atoms with Gasteiger partial charge in [0.25, 0.3) is 5.88 Å². The minimum Gasteiger partial charge on any atom is -0.497 e. The van der Waals surface area contributed by atoms with E-state index in [2.05, 4.69) is 9.97 Å². The average Bonchev–Trinajstić information content (AvgIpc) is 2.88. The second-order valence-electron chi connectivity index (χ2n) is 5.72. The van der Waals surface area contributed by atoms with Gasteiger partial charge < -0.3 is 9.47 Å². The van der Waals surface area contributed by atoms with Crippen LogP contribution >= 0.6 is 11.6 Å². The van der Waals surface area contributed by atoms with Crippen LogP contribution < -0.4 is 9.47 Å². The summed E-state index contributed by atoms with van der Waals surface area (Å²) >= 11 is 6.18. The number of methoxy groups -OCH3 is 1. The molecule has 0 spiro atoms. The minimum absolute atomic E-state index is 0.118. The molecular weight excluding hydrogens is 318 g/mol. The van der Waals surface area contributed by atoms with Gasteiger partial charge in [0.2, 0.25) is 0 Å². The third kappa shape index (κ3) is 3.23. The van der Waals surface area contributed by atoms with Crippen molar-refractivity contribution in [2.75, 3.05) is 20.7 Å². The molecule has 23 heavy (non-hydrogen) atoms. The van der Waals surface area contributed by atoms with E-state index in [0.717, 1.165) is 0 Å². The Kier molecular flexibility index (Phi) is 4.37. The van der Waals surface area contributed by atoms with E-state index < -0.39 is 0 Å². The molecule has 1 aliphatic heterocycles. The standard InChI is InChI=1S/C16H18ClN3O3/c1-9(21)14-7-11(8-20(14)2)23-16-15(17)18-12-5-4-10(22-3)6-13(12)19-16/h4-6,11,14H,7-8H2,1-3H3. The Labute approximate surface area is 139 Å². The number of benzene rings is 1. The van der Waals surface area contributed by atoms with E-state index in [-0.39, 0.29) is 29.0 Å². The number of Topliss-reactive ketones (excluding diaryl/α,β-unsaturated/α-hetero) is 1. The lowest BCUT2D eigenvalue weighted by atomic mass is 10.1. The fourth-order valence-electron chi connectivity index (χ4n) is 2.87. The highest BCUT2D eigenvalue weighted by atomic mass is 35.5. The number of aromatic nitrogens is 2. The van der Waals surface area contributed by atoms with Crippen molar-refractivity contribution in [2.24, 2.45) is 0 Å². The van der Waals surface area contributed by atoms with Crippen LogP contribution in [0.1, 0.15) is 13.3 Å².